The van der Waals surface area contributed by atoms with E-state index < -0.39 is 0 Å². The first-order valence-electron chi connectivity index (χ1n) is 7.90. The summed E-state index contributed by atoms with van der Waals surface area (Å²) in [4.78, 5) is 14.9. The van der Waals surface area contributed by atoms with Gasteiger partial charge in [0.2, 0.25) is 0 Å². The van der Waals surface area contributed by atoms with Crippen molar-refractivity contribution in [2.75, 3.05) is 4.90 Å². The molecule has 1 amide bonds. The molecular formula is C21H12BrCl2NO. The Hall–Kier alpha value is -2.07. The first kappa shape index (κ1) is 17.3. The SMILES string of the molecule is O=C1/C(=C\c2ccc(Br)cc2)c2ccccc2N1c1cc(Cl)cc(Cl)c1. The van der Waals surface area contributed by atoms with Crippen LogP contribution in [0.4, 0.5) is 11.4 Å². The minimum Gasteiger partial charge on any atom is -0.276 e. The van der Waals surface area contributed by atoms with Gasteiger partial charge in [-0.25, -0.2) is 0 Å². The standard InChI is InChI=1S/C21H12BrCl2NO/c22-14-7-5-13(6-8-14)9-19-18-3-1-2-4-20(18)25(21(19)26)17-11-15(23)10-16(24)12-17/h1-12H/b19-9-. The molecule has 0 unspecified atom stereocenters. The number of fused-ring (bicyclic) bond motifs is 1. The summed E-state index contributed by atoms with van der Waals surface area (Å²) in [6, 6.07) is 20.7. The van der Waals surface area contributed by atoms with Gasteiger partial charge in [-0.2, -0.15) is 0 Å². The van der Waals surface area contributed by atoms with E-state index in [1.54, 1.807) is 23.1 Å². The molecule has 0 bridgehead atoms. The second-order valence-electron chi connectivity index (χ2n) is 5.89. The van der Waals surface area contributed by atoms with Crippen LogP contribution in [0.15, 0.2) is 71.2 Å². The first-order valence-corrected chi connectivity index (χ1v) is 9.45. The third-order valence-electron chi connectivity index (χ3n) is 4.16. The van der Waals surface area contributed by atoms with Crippen molar-refractivity contribution in [2.45, 2.75) is 0 Å². The van der Waals surface area contributed by atoms with Gasteiger partial charge in [-0.15, -0.1) is 0 Å². The number of carbonyl (C=O) groups is 1. The van der Waals surface area contributed by atoms with Gasteiger partial charge in [-0.3, -0.25) is 9.69 Å². The summed E-state index contributed by atoms with van der Waals surface area (Å²) in [6.07, 6.45) is 1.90. The van der Waals surface area contributed by atoms with Gasteiger partial charge >= 0.3 is 0 Å². The van der Waals surface area contributed by atoms with E-state index in [9.17, 15) is 4.79 Å². The highest BCUT2D eigenvalue weighted by atomic mass is 79.9. The van der Waals surface area contributed by atoms with Crippen molar-refractivity contribution in [2.24, 2.45) is 0 Å². The third kappa shape index (κ3) is 3.18. The topological polar surface area (TPSA) is 20.3 Å². The van der Waals surface area contributed by atoms with Gasteiger partial charge in [0.15, 0.2) is 0 Å². The van der Waals surface area contributed by atoms with Crippen molar-refractivity contribution in [3.8, 4) is 0 Å². The maximum atomic E-state index is 13.2. The average Bonchev–Trinajstić information content (AvgIpc) is 2.88. The zero-order chi connectivity index (χ0) is 18.3. The van der Waals surface area contributed by atoms with Crippen LogP contribution in [-0.2, 0) is 4.79 Å². The predicted molar refractivity (Wildman–Crippen MR) is 112 cm³/mol. The quantitative estimate of drug-likeness (QED) is 0.390. The van der Waals surface area contributed by atoms with Gasteiger partial charge in [-0.05, 0) is 48.0 Å². The molecule has 3 aromatic rings. The maximum Gasteiger partial charge on any atom is 0.263 e. The number of para-hydroxylation sites is 1. The van der Waals surface area contributed by atoms with Crippen LogP contribution < -0.4 is 4.90 Å². The molecule has 0 N–H and O–H groups in total. The van der Waals surface area contributed by atoms with E-state index in [2.05, 4.69) is 15.9 Å². The van der Waals surface area contributed by atoms with Crippen LogP contribution >= 0.6 is 39.1 Å². The molecule has 0 spiro atoms. The predicted octanol–water partition coefficient (Wildman–Crippen LogP) is 6.97. The summed E-state index contributed by atoms with van der Waals surface area (Å²) in [6.45, 7) is 0. The van der Waals surface area contributed by atoms with Gasteiger partial charge < -0.3 is 0 Å². The number of anilines is 2. The van der Waals surface area contributed by atoms with E-state index in [1.165, 1.54) is 0 Å². The number of hydrogen-bond donors (Lipinski definition) is 0. The molecule has 5 heteroatoms. The Morgan fingerprint density at radius 1 is 0.885 bits per heavy atom. The molecule has 1 aliphatic rings. The Morgan fingerprint density at radius 2 is 1.54 bits per heavy atom. The largest absolute Gasteiger partial charge is 0.276 e. The number of rotatable bonds is 2. The summed E-state index contributed by atoms with van der Waals surface area (Å²) >= 11 is 15.7. The minimum absolute atomic E-state index is 0.104. The third-order valence-corrected chi connectivity index (χ3v) is 5.12. The van der Waals surface area contributed by atoms with Crippen LogP contribution in [0, 0.1) is 0 Å². The van der Waals surface area contributed by atoms with Crippen molar-refractivity contribution in [3.05, 3.63) is 92.4 Å². The van der Waals surface area contributed by atoms with Crippen molar-refractivity contribution in [3.63, 3.8) is 0 Å². The number of halogens is 3. The molecule has 0 atom stereocenters. The Bertz CT molecular complexity index is 1020. The van der Waals surface area contributed by atoms with Crippen molar-refractivity contribution in [1.29, 1.82) is 0 Å². The first-order chi connectivity index (χ1) is 12.5. The van der Waals surface area contributed by atoms with E-state index >= 15 is 0 Å². The summed E-state index contributed by atoms with van der Waals surface area (Å²) < 4.78 is 0.994. The summed E-state index contributed by atoms with van der Waals surface area (Å²) in [5, 5.41) is 0.978. The number of carbonyl (C=O) groups excluding carboxylic acids is 1. The van der Waals surface area contributed by atoms with Crippen LogP contribution in [0.25, 0.3) is 11.6 Å². The molecule has 0 aliphatic carbocycles. The molecular weight excluding hydrogens is 433 g/mol. The smallest absolute Gasteiger partial charge is 0.263 e. The lowest BCUT2D eigenvalue weighted by Crippen LogP contribution is -2.20. The maximum absolute atomic E-state index is 13.2. The average molecular weight is 445 g/mol. The normalized spacial score (nSPS) is 14.8. The molecule has 0 radical (unpaired) electrons. The lowest BCUT2D eigenvalue weighted by Gasteiger charge is -2.17. The van der Waals surface area contributed by atoms with Crippen LogP contribution in [-0.4, -0.2) is 5.91 Å². The van der Waals surface area contributed by atoms with Crippen LogP contribution in [0.1, 0.15) is 11.1 Å². The fourth-order valence-electron chi connectivity index (χ4n) is 3.03. The molecule has 1 aliphatic heterocycles. The van der Waals surface area contributed by atoms with E-state index in [1.807, 2.05) is 54.6 Å². The Morgan fingerprint density at radius 3 is 2.23 bits per heavy atom. The second-order valence-corrected chi connectivity index (χ2v) is 7.68. The van der Waals surface area contributed by atoms with Gasteiger partial charge in [0.1, 0.15) is 0 Å². The van der Waals surface area contributed by atoms with Gasteiger partial charge in [0.25, 0.3) is 5.91 Å². The zero-order valence-electron chi connectivity index (χ0n) is 13.4. The number of hydrogen-bond acceptors (Lipinski definition) is 1. The van der Waals surface area contributed by atoms with Crippen LogP contribution in [0.3, 0.4) is 0 Å². The molecule has 128 valence electrons. The zero-order valence-corrected chi connectivity index (χ0v) is 16.5. The summed E-state index contributed by atoms with van der Waals surface area (Å²) in [5.41, 5.74) is 3.95. The molecule has 4 rings (SSSR count). The fourth-order valence-corrected chi connectivity index (χ4v) is 3.81. The van der Waals surface area contributed by atoms with Crippen molar-refractivity contribution in [1.82, 2.24) is 0 Å². The van der Waals surface area contributed by atoms with Crippen molar-refractivity contribution >= 4 is 68.1 Å². The fraction of sp³-hybridized carbons (Fsp3) is 0. The lowest BCUT2D eigenvalue weighted by molar-refractivity contribution is -0.112. The molecule has 1 heterocycles. The monoisotopic (exact) mass is 443 g/mol. The Kier molecular flexibility index (Phi) is 4.62. The van der Waals surface area contributed by atoms with E-state index in [-0.39, 0.29) is 5.91 Å². The molecule has 2 nitrogen and oxygen atoms in total. The summed E-state index contributed by atoms with van der Waals surface area (Å²) in [5.74, 6) is -0.104. The van der Waals surface area contributed by atoms with Crippen LogP contribution in [0.5, 0.6) is 0 Å². The lowest BCUT2D eigenvalue weighted by atomic mass is 10.0. The molecule has 0 saturated heterocycles. The highest BCUT2D eigenvalue weighted by Gasteiger charge is 2.33. The van der Waals surface area contributed by atoms with Gasteiger partial charge in [-0.1, -0.05) is 69.5 Å². The molecule has 0 saturated carbocycles. The highest BCUT2D eigenvalue weighted by Crippen LogP contribution is 2.43. The van der Waals surface area contributed by atoms with Crippen molar-refractivity contribution < 1.29 is 4.79 Å². The van der Waals surface area contributed by atoms with E-state index in [4.69, 9.17) is 23.2 Å². The number of amides is 1. The molecule has 26 heavy (non-hydrogen) atoms. The Balaban J connectivity index is 1.86. The molecule has 0 fully saturated rings. The number of nitrogens with zero attached hydrogens (tertiary/aromatic N) is 1. The summed E-state index contributed by atoms with van der Waals surface area (Å²) in [7, 11) is 0. The molecule has 0 aromatic heterocycles. The van der Waals surface area contributed by atoms with E-state index in [0.717, 1.165) is 21.3 Å². The van der Waals surface area contributed by atoms with Gasteiger partial charge in [0, 0.05) is 20.1 Å². The Labute approximate surface area is 169 Å². The second kappa shape index (κ2) is 6.92. The van der Waals surface area contributed by atoms with Crippen LogP contribution in [0.2, 0.25) is 10.0 Å². The number of benzene rings is 3. The highest BCUT2D eigenvalue weighted by molar-refractivity contribution is 9.10. The van der Waals surface area contributed by atoms with Gasteiger partial charge in [0.05, 0.1) is 16.9 Å². The van der Waals surface area contributed by atoms with E-state index in [0.29, 0.717) is 21.3 Å². The minimum atomic E-state index is -0.104. The molecule has 3 aromatic carbocycles.